The first kappa shape index (κ1) is 18.1. The highest BCUT2D eigenvalue weighted by Crippen LogP contribution is 2.21. The van der Waals surface area contributed by atoms with Gasteiger partial charge in [0.2, 0.25) is 5.88 Å². The van der Waals surface area contributed by atoms with Crippen LogP contribution in [0.1, 0.15) is 5.56 Å². The minimum absolute atomic E-state index is 0.0122. The van der Waals surface area contributed by atoms with Crippen LogP contribution in [0, 0.1) is 4.77 Å². The first-order chi connectivity index (χ1) is 12.3. The maximum Gasteiger partial charge on any atom is 0.264 e. The molecule has 1 atom stereocenters. The summed E-state index contributed by atoms with van der Waals surface area (Å²) in [7, 11) is -1.73. The molecular formula is C16H15N3O5S2. The Hall–Kier alpha value is -2.72. The lowest BCUT2D eigenvalue weighted by Crippen LogP contribution is -2.19. The summed E-state index contributed by atoms with van der Waals surface area (Å²) >= 11 is 5.13. The van der Waals surface area contributed by atoms with Gasteiger partial charge >= 0.3 is 0 Å². The molecule has 8 nitrogen and oxygen atoms in total. The maximum atomic E-state index is 12.1. The average molecular weight is 393 g/mol. The van der Waals surface area contributed by atoms with Crippen LogP contribution in [0.25, 0.3) is 5.69 Å². The zero-order valence-electron chi connectivity index (χ0n) is 13.6. The fraction of sp³-hybridized carbons (Fsp3) is 0.188. The second kappa shape index (κ2) is 6.89. The van der Waals surface area contributed by atoms with Crippen LogP contribution in [0.15, 0.2) is 45.5 Å². The van der Waals surface area contributed by atoms with Crippen LogP contribution < -0.4 is 10.3 Å². The summed E-state index contributed by atoms with van der Waals surface area (Å²) in [4.78, 5) is 18.7. The Bertz CT molecular complexity index is 1110. The molecule has 1 aromatic carbocycles. The van der Waals surface area contributed by atoms with Crippen LogP contribution in [-0.4, -0.2) is 48.2 Å². The summed E-state index contributed by atoms with van der Waals surface area (Å²) in [6.45, 7) is 0. The number of aromatic hydroxyl groups is 1. The van der Waals surface area contributed by atoms with Gasteiger partial charge in [-0.15, -0.1) is 0 Å². The number of aromatic amines is 1. The highest BCUT2D eigenvalue weighted by atomic mass is 32.2. The molecule has 0 bridgehead atoms. The number of H-pyrrole nitrogens is 1. The minimum atomic E-state index is -3.26. The first-order valence-electron chi connectivity index (χ1n) is 7.47. The fourth-order valence-electron chi connectivity index (χ4n) is 2.45. The first-order valence-corrected chi connectivity index (χ1v) is 9.60. The molecule has 0 spiro atoms. The van der Waals surface area contributed by atoms with Crippen molar-refractivity contribution in [3.8, 4) is 17.3 Å². The minimum Gasteiger partial charge on any atom is -0.497 e. The number of nitrogens with zero attached hydrogens (tertiary/aromatic N) is 2. The van der Waals surface area contributed by atoms with E-state index >= 15 is 0 Å². The van der Waals surface area contributed by atoms with Gasteiger partial charge in [-0.05, 0) is 42.6 Å². The molecule has 0 unspecified atom stereocenters. The number of hydrogen-bond donors (Lipinski definition) is 2. The van der Waals surface area contributed by atoms with Gasteiger partial charge in [-0.3, -0.25) is 19.3 Å². The number of sulfone groups is 1. The third-order valence-corrected chi connectivity index (χ3v) is 5.42. The normalized spacial score (nSPS) is 18.4. The van der Waals surface area contributed by atoms with E-state index in [9.17, 15) is 18.3 Å². The van der Waals surface area contributed by atoms with Crippen molar-refractivity contribution < 1.29 is 18.3 Å². The molecule has 2 heterocycles. The van der Waals surface area contributed by atoms with E-state index in [1.54, 1.807) is 24.3 Å². The van der Waals surface area contributed by atoms with Crippen molar-refractivity contribution >= 4 is 28.3 Å². The maximum absolute atomic E-state index is 12.1. The van der Waals surface area contributed by atoms with Crippen LogP contribution in [0.2, 0.25) is 0 Å². The Labute approximate surface area is 154 Å². The smallest absolute Gasteiger partial charge is 0.264 e. The van der Waals surface area contributed by atoms with Gasteiger partial charge in [0.25, 0.3) is 5.56 Å². The van der Waals surface area contributed by atoms with Gasteiger partial charge in [0.15, 0.2) is 14.6 Å². The van der Waals surface area contributed by atoms with E-state index in [1.165, 1.54) is 17.8 Å². The monoisotopic (exact) mass is 393 g/mol. The number of nitrogens with one attached hydrogen (secondary N) is 1. The largest absolute Gasteiger partial charge is 0.497 e. The predicted molar refractivity (Wildman–Crippen MR) is 99.7 cm³/mol. The second-order valence-electron chi connectivity index (χ2n) is 5.53. The lowest BCUT2D eigenvalue weighted by atomic mass is 10.2. The van der Waals surface area contributed by atoms with Crippen molar-refractivity contribution in [1.29, 1.82) is 0 Å². The van der Waals surface area contributed by atoms with Crippen LogP contribution in [0.3, 0.4) is 0 Å². The van der Waals surface area contributed by atoms with Crippen LogP contribution in [0.5, 0.6) is 11.6 Å². The van der Waals surface area contributed by atoms with Crippen LogP contribution >= 0.6 is 12.2 Å². The van der Waals surface area contributed by atoms with E-state index in [2.05, 4.69) is 9.98 Å². The third kappa shape index (κ3) is 3.60. The van der Waals surface area contributed by atoms with E-state index in [4.69, 9.17) is 17.0 Å². The van der Waals surface area contributed by atoms with Gasteiger partial charge in [-0.2, -0.15) is 0 Å². The van der Waals surface area contributed by atoms with E-state index in [1.807, 2.05) is 0 Å². The van der Waals surface area contributed by atoms with Crippen molar-refractivity contribution in [2.45, 2.75) is 6.04 Å². The summed E-state index contributed by atoms with van der Waals surface area (Å²) < 4.78 is 29.2. The Morgan fingerprint density at radius 1 is 1.38 bits per heavy atom. The van der Waals surface area contributed by atoms with Crippen molar-refractivity contribution in [3.05, 3.63) is 56.4 Å². The molecule has 2 aromatic rings. The Morgan fingerprint density at radius 3 is 2.65 bits per heavy atom. The van der Waals surface area contributed by atoms with E-state index < -0.39 is 27.3 Å². The molecule has 0 saturated heterocycles. The standard InChI is InChI=1S/C16H15N3O5S2/c1-24-12-4-2-11(3-5-12)19-15(21)13(14(20)18-16(19)25)8-17-10-6-7-26(22,23)9-10/h2-8,10,21H,9H2,1H3,(H,18,20,25)/t10-/m1/s1. The summed E-state index contributed by atoms with van der Waals surface area (Å²) in [6.07, 6.45) is 2.58. The SMILES string of the molecule is COc1ccc(-n2c(O)c(C=N[C@@H]3C=CS(=O)(=O)C3)c(=O)[nH]c2=S)cc1. The zero-order valence-corrected chi connectivity index (χ0v) is 15.3. The Kier molecular flexibility index (Phi) is 4.79. The molecule has 0 radical (unpaired) electrons. The predicted octanol–water partition coefficient (Wildman–Crippen LogP) is 1.34. The summed E-state index contributed by atoms with van der Waals surface area (Å²) in [6, 6.07) is 6.10. The zero-order chi connectivity index (χ0) is 18.9. The van der Waals surface area contributed by atoms with E-state index in [0.717, 1.165) is 11.6 Å². The van der Waals surface area contributed by atoms with Crippen molar-refractivity contribution in [1.82, 2.24) is 9.55 Å². The molecule has 0 amide bonds. The van der Waals surface area contributed by atoms with Gasteiger partial charge < -0.3 is 9.84 Å². The number of benzene rings is 1. The molecule has 0 saturated carbocycles. The number of aliphatic imine (C=N–C) groups is 1. The molecule has 1 aliphatic heterocycles. The fourth-order valence-corrected chi connectivity index (χ4v) is 3.94. The highest BCUT2D eigenvalue weighted by molar-refractivity contribution is 7.94. The van der Waals surface area contributed by atoms with Crippen LogP contribution in [-0.2, 0) is 9.84 Å². The van der Waals surface area contributed by atoms with Crippen LogP contribution in [0.4, 0.5) is 0 Å². The number of rotatable bonds is 4. The Morgan fingerprint density at radius 2 is 2.08 bits per heavy atom. The van der Waals surface area contributed by atoms with Crippen molar-refractivity contribution in [3.63, 3.8) is 0 Å². The number of ether oxygens (including phenoxy) is 1. The number of methoxy groups -OCH3 is 1. The topological polar surface area (TPSA) is 114 Å². The molecule has 10 heteroatoms. The van der Waals surface area contributed by atoms with Gasteiger partial charge in [0.1, 0.15) is 11.3 Å². The number of aromatic nitrogens is 2. The summed E-state index contributed by atoms with van der Waals surface area (Å²) in [5.74, 6) is 0.0671. The van der Waals surface area contributed by atoms with Crippen molar-refractivity contribution in [2.24, 2.45) is 4.99 Å². The number of hydrogen-bond acceptors (Lipinski definition) is 7. The molecule has 1 aromatic heterocycles. The molecule has 3 rings (SSSR count). The molecule has 1 aliphatic rings. The van der Waals surface area contributed by atoms with Gasteiger partial charge in [0, 0.05) is 11.6 Å². The Balaban J connectivity index is 2.03. The lowest BCUT2D eigenvalue weighted by molar-refractivity contribution is 0.414. The summed E-state index contributed by atoms with van der Waals surface area (Å²) in [5, 5.41) is 11.6. The quantitative estimate of drug-likeness (QED) is 0.599. The highest BCUT2D eigenvalue weighted by Gasteiger charge is 2.21. The molecule has 136 valence electrons. The molecule has 0 aliphatic carbocycles. The molecule has 26 heavy (non-hydrogen) atoms. The lowest BCUT2D eigenvalue weighted by Gasteiger charge is -2.12. The summed E-state index contributed by atoms with van der Waals surface area (Å²) in [5.41, 5.74) is -0.222. The van der Waals surface area contributed by atoms with Crippen molar-refractivity contribution in [2.75, 3.05) is 12.9 Å². The van der Waals surface area contributed by atoms with Gasteiger partial charge in [-0.25, -0.2) is 8.42 Å². The van der Waals surface area contributed by atoms with Gasteiger partial charge in [0.05, 0.1) is 24.6 Å². The van der Waals surface area contributed by atoms with E-state index in [-0.39, 0.29) is 16.1 Å². The van der Waals surface area contributed by atoms with E-state index in [0.29, 0.717) is 11.4 Å². The second-order valence-corrected chi connectivity index (χ2v) is 7.85. The third-order valence-electron chi connectivity index (χ3n) is 3.76. The molecular weight excluding hydrogens is 378 g/mol. The molecule has 2 N–H and O–H groups in total. The van der Waals surface area contributed by atoms with Gasteiger partial charge in [-0.1, -0.05) is 0 Å². The molecule has 0 fully saturated rings. The average Bonchev–Trinajstić information content (AvgIpc) is 2.94.